The van der Waals surface area contributed by atoms with Gasteiger partial charge in [-0.2, -0.15) is 0 Å². The highest BCUT2D eigenvalue weighted by Crippen LogP contribution is 2.42. The smallest absolute Gasteiger partial charge is 0.0485 e. The summed E-state index contributed by atoms with van der Waals surface area (Å²) < 4.78 is 2.94. The van der Waals surface area contributed by atoms with Gasteiger partial charge in [-0.15, -0.1) is 20.7 Å². The Morgan fingerprint density at radius 2 is 2.05 bits per heavy atom. The average Bonchev–Trinajstić information content (AvgIpc) is 3.39. The van der Waals surface area contributed by atoms with Crippen LogP contribution in [0, 0.1) is 0 Å². The molecule has 1 saturated carbocycles. The largest absolute Gasteiger partial charge is 0.330 e. The van der Waals surface area contributed by atoms with Gasteiger partial charge in [-0.05, 0) is 60.5 Å². The number of hydrogen-bond donors (Lipinski definition) is 1. The lowest BCUT2D eigenvalue weighted by atomic mass is 9.67. The van der Waals surface area contributed by atoms with E-state index < -0.39 is 0 Å². The lowest BCUT2D eigenvalue weighted by Crippen LogP contribution is -2.44. The summed E-state index contributed by atoms with van der Waals surface area (Å²) in [6.07, 6.45) is 4.90. The number of halogens is 2. The molecule has 1 aromatic rings. The summed E-state index contributed by atoms with van der Waals surface area (Å²) in [4.78, 5) is 2.48. The van der Waals surface area contributed by atoms with Gasteiger partial charge < -0.3 is 10.6 Å². The van der Waals surface area contributed by atoms with Crippen LogP contribution in [0.2, 0.25) is 5.02 Å². The standard InChI is InChI=1S/C18H26ClIN2/c1-3-22(2)14-6-8-18(12-21,9-7-14)13-4-5-16(19)15(10-13)17-11-20-17/h4-5,10,14H,3,6-9,11-12,21H2,1-2H3. The Hall–Kier alpha value is 0.0300. The molecule has 1 aliphatic carbocycles. The monoisotopic (exact) mass is 432 g/mol. The van der Waals surface area contributed by atoms with Crippen LogP contribution in [-0.2, 0) is 5.41 Å². The van der Waals surface area contributed by atoms with Crippen molar-refractivity contribution in [3.05, 3.63) is 34.3 Å². The molecule has 0 atom stereocenters. The summed E-state index contributed by atoms with van der Waals surface area (Å²) in [7, 11) is 2.24. The molecule has 2 N–H and O–H groups in total. The van der Waals surface area contributed by atoms with Gasteiger partial charge >= 0.3 is 0 Å². The number of benzene rings is 1. The molecule has 1 aliphatic heterocycles. The predicted octanol–water partition coefficient (Wildman–Crippen LogP) is 3.94. The molecule has 1 heterocycles. The van der Waals surface area contributed by atoms with E-state index in [1.807, 2.05) is 0 Å². The van der Waals surface area contributed by atoms with E-state index in [2.05, 4.69) is 37.1 Å². The van der Waals surface area contributed by atoms with Crippen molar-refractivity contribution in [2.45, 2.75) is 44.1 Å². The van der Waals surface area contributed by atoms with Crippen LogP contribution in [0.1, 0.15) is 43.7 Å². The highest BCUT2D eigenvalue weighted by molar-refractivity contribution is 14.2. The van der Waals surface area contributed by atoms with E-state index in [0.29, 0.717) is 20.7 Å². The van der Waals surface area contributed by atoms with Crippen LogP contribution in [0.15, 0.2) is 18.2 Å². The third-order valence-electron chi connectivity index (χ3n) is 5.56. The fourth-order valence-electron chi connectivity index (χ4n) is 3.71. The first-order chi connectivity index (χ1) is 10.6. The maximum atomic E-state index is 6.40. The predicted molar refractivity (Wildman–Crippen MR) is 106 cm³/mol. The Kier molecular flexibility index (Phi) is 5.27. The molecule has 0 spiro atoms. The van der Waals surface area contributed by atoms with Crippen molar-refractivity contribution in [1.82, 2.24) is 4.90 Å². The molecule has 0 unspecified atom stereocenters. The minimum atomic E-state index is 0.165. The van der Waals surface area contributed by atoms with Crippen LogP contribution in [0.4, 0.5) is 0 Å². The van der Waals surface area contributed by atoms with Gasteiger partial charge in [0, 0.05) is 33.0 Å². The first kappa shape index (κ1) is 16.9. The van der Waals surface area contributed by atoms with E-state index in [1.54, 1.807) is 3.51 Å². The minimum Gasteiger partial charge on any atom is -0.330 e. The minimum absolute atomic E-state index is 0.165. The van der Waals surface area contributed by atoms with Gasteiger partial charge in [-0.3, -0.25) is 0 Å². The molecule has 0 radical (unpaired) electrons. The van der Waals surface area contributed by atoms with Crippen molar-refractivity contribution < 1.29 is 0 Å². The van der Waals surface area contributed by atoms with E-state index in [0.717, 1.165) is 24.2 Å². The van der Waals surface area contributed by atoms with Crippen molar-refractivity contribution in [2.75, 3.05) is 24.6 Å². The van der Waals surface area contributed by atoms with Crippen molar-refractivity contribution >= 4 is 35.8 Å². The maximum Gasteiger partial charge on any atom is 0.0485 e. The Morgan fingerprint density at radius 3 is 2.59 bits per heavy atom. The second kappa shape index (κ2) is 6.88. The zero-order chi connectivity index (χ0) is 15.7. The van der Waals surface area contributed by atoms with Gasteiger partial charge in [0.2, 0.25) is 0 Å². The molecule has 3 rings (SSSR count). The zero-order valence-corrected chi connectivity index (χ0v) is 16.5. The number of nitrogens with two attached hydrogens (primary N) is 1. The molecule has 1 aromatic carbocycles. The number of nitrogens with zero attached hydrogens (tertiary/aromatic N) is 1. The van der Waals surface area contributed by atoms with E-state index in [9.17, 15) is 0 Å². The van der Waals surface area contributed by atoms with E-state index in [1.165, 1.54) is 41.2 Å². The summed E-state index contributed by atoms with van der Waals surface area (Å²) in [6, 6.07) is 7.41. The van der Waals surface area contributed by atoms with Gasteiger partial charge in [-0.1, -0.05) is 24.6 Å². The van der Waals surface area contributed by atoms with E-state index in [4.69, 9.17) is 17.3 Å². The van der Waals surface area contributed by atoms with Crippen LogP contribution < -0.4 is 5.73 Å². The third kappa shape index (κ3) is 3.28. The van der Waals surface area contributed by atoms with Crippen molar-refractivity contribution in [3.63, 3.8) is 0 Å². The molecule has 1 fully saturated rings. The fraction of sp³-hybridized carbons (Fsp3) is 0.611. The van der Waals surface area contributed by atoms with Gasteiger partial charge in [0.1, 0.15) is 0 Å². The molecule has 0 aromatic heterocycles. The van der Waals surface area contributed by atoms with Crippen LogP contribution in [0.3, 0.4) is 0 Å². The Balaban J connectivity index is 1.83. The molecule has 122 valence electrons. The number of rotatable bonds is 5. The lowest BCUT2D eigenvalue weighted by Gasteiger charge is -2.42. The van der Waals surface area contributed by atoms with Crippen molar-refractivity contribution in [3.8, 4) is 0 Å². The highest BCUT2D eigenvalue weighted by atomic mass is 127. The second-order valence-electron chi connectivity index (χ2n) is 6.66. The van der Waals surface area contributed by atoms with Crippen molar-refractivity contribution in [1.29, 1.82) is 0 Å². The SMILES string of the molecule is CCN(C)C1CCC(CN)(c2ccc(Cl)c(C3=IC3)c2)CC1. The molecular weight excluding hydrogens is 407 g/mol. The Labute approximate surface area is 149 Å². The summed E-state index contributed by atoms with van der Waals surface area (Å²) in [5.41, 5.74) is 9.18. The molecule has 2 aliphatic rings. The van der Waals surface area contributed by atoms with E-state index in [-0.39, 0.29) is 5.41 Å². The first-order valence-electron chi connectivity index (χ1n) is 8.25. The van der Waals surface area contributed by atoms with Gasteiger partial charge in [0.25, 0.3) is 0 Å². The van der Waals surface area contributed by atoms with Crippen LogP contribution in [0.5, 0.6) is 0 Å². The molecule has 0 bridgehead atoms. The van der Waals surface area contributed by atoms with Crippen LogP contribution in [0.25, 0.3) is 0 Å². The average molecular weight is 433 g/mol. The fourth-order valence-corrected chi connectivity index (χ4v) is 5.55. The Morgan fingerprint density at radius 1 is 1.36 bits per heavy atom. The molecule has 0 amide bonds. The quantitative estimate of drug-likeness (QED) is 0.564. The normalized spacial score (nSPS) is 28.2. The van der Waals surface area contributed by atoms with E-state index >= 15 is 0 Å². The highest BCUT2D eigenvalue weighted by Gasteiger charge is 2.37. The molecule has 22 heavy (non-hydrogen) atoms. The topological polar surface area (TPSA) is 29.3 Å². The van der Waals surface area contributed by atoms with Crippen LogP contribution >= 0.6 is 32.3 Å². The summed E-state index contributed by atoms with van der Waals surface area (Å²) in [5, 5.41) is 0.933. The molecule has 2 nitrogen and oxygen atoms in total. The Bertz CT molecular complexity index is 576. The maximum absolute atomic E-state index is 6.40. The summed E-state index contributed by atoms with van der Waals surface area (Å²) >= 11 is 6.70. The van der Waals surface area contributed by atoms with Crippen LogP contribution in [-0.4, -0.2) is 39.0 Å². The lowest BCUT2D eigenvalue weighted by molar-refractivity contribution is 0.155. The third-order valence-corrected chi connectivity index (χ3v) is 8.00. The van der Waals surface area contributed by atoms with Gasteiger partial charge in [0.15, 0.2) is 0 Å². The number of hydrogen-bond acceptors (Lipinski definition) is 2. The summed E-state index contributed by atoms with van der Waals surface area (Å²) in [5.74, 6) is 0. The molecular formula is C18H26ClIN2. The first-order valence-corrected chi connectivity index (χ1v) is 11.2. The zero-order valence-electron chi connectivity index (χ0n) is 13.5. The van der Waals surface area contributed by atoms with Gasteiger partial charge in [-0.25, -0.2) is 0 Å². The molecule has 4 heteroatoms. The number of alkyl halides is 1. The summed E-state index contributed by atoms with van der Waals surface area (Å²) in [6.45, 7) is 4.13. The molecule has 0 saturated heterocycles. The van der Waals surface area contributed by atoms with Gasteiger partial charge in [0.05, 0.1) is 0 Å². The van der Waals surface area contributed by atoms with Crippen molar-refractivity contribution in [2.24, 2.45) is 5.73 Å². The second-order valence-corrected chi connectivity index (χ2v) is 9.89.